The van der Waals surface area contributed by atoms with E-state index in [2.05, 4.69) is 20.2 Å². The summed E-state index contributed by atoms with van der Waals surface area (Å²) >= 11 is 0. The molecule has 132 valence electrons. The minimum Gasteiger partial charge on any atom is -0.493 e. The molecule has 0 aliphatic carbocycles. The van der Waals surface area contributed by atoms with Crippen molar-refractivity contribution in [2.45, 2.75) is 0 Å². The van der Waals surface area contributed by atoms with Crippen LogP contribution in [0.4, 0.5) is 11.4 Å². The number of nitrogens with one attached hydrogen (secondary N) is 1. The number of azo groups is 1. The van der Waals surface area contributed by atoms with Crippen molar-refractivity contribution >= 4 is 28.1 Å². The Kier molecular flexibility index (Phi) is 4.45. The number of rotatable bonds is 3. The van der Waals surface area contributed by atoms with Crippen LogP contribution < -0.4 is 4.98 Å². The van der Waals surface area contributed by atoms with Crippen molar-refractivity contribution in [3.63, 3.8) is 0 Å². The first-order valence-electron chi connectivity index (χ1n) is 8.53. The largest absolute Gasteiger partial charge is 0.493 e. The standard InChI is InChI=1S/C21H17N5O/c1-26-18-13-6-5-11-16(18)19(21(26)27)24-25-20(17-12-7-8-14-22-17)23-15-9-3-2-4-10-15/h2-14,27H,1H3/p+1. The van der Waals surface area contributed by atoms with Crippen LogP contribution in [0.2, 0.25) is 0 Å². The summed E-state index contributed by atoms with van der Waals surface area (Å²) in [6.45, 7) is 0. The number of nitrogens with zero attached hydrogens (tertiary/aromatic N) is 4. The van der Waals surface area contributed by atoms with Crippen molar-refractivity contribution < 1.29 is 10.1 Å². The number of pyridine rings is 1. The third-order valence-corrected chi connectivity index (χ3v) is 4.24. The minimum absolute atomic E-state index is 0.0658. The Hall–Kier alpha value is -3.80. The van der Waals surface area contributed by atoms with E-state index in [0.29, 0.717) is 11.5 Å². The van der Waals surface area contributed by atoms with E-state index in [1.807, 2.05) is 72.8 Å². The van der Waals surface area contributed by atoms with E-state index in [9.17, 15) is 5.11 Å². The molecule has 0 aliphatic rings. The molecule has 0 amide bonds. The first kappa shape index (κ1) is 16.7. The summed E-state index contributed by atoms with van der Waals surface area (Å²) in [5, 5.41) is 20.0. The molecule has 2 aromatic heterocycles. The van der Waals surface area contributed by atoms with Gasteiger partial charge in [-0.1, -0.05) is 36.4 Å². The fourth-order valence-electron chi connectivity index (χ4n) is 2.85. The van der Waals surface area contributed by atoms with Crippen LogP contribution in [0.1, 0.15) is 5.69 Å². The number of aromatic amines is 1. The molecule has 4 aromatic rings. The molecule has 0 unspecified atom stereocenters. The highest BCUT2D eigenvalue weighted by Gasteiger charge is 2.15. The van der Waals surface area contributed by atoms with Gasteiger partial charge in [0, 0.05) is 24.6 Å². The monoisotopic (exact) mass is 356 g/mol. The molecule has 0 aliphatic heterocycles. The molecule has 4 rings (SSSR count). The molecule has 0 fully saturated rings. The van der Waals surface area contributed by atoms with E-state index in [0.717, 1.165) is 22.3 Å². The highest BCUT2D eigenvalue weighted by atomic mass is 16.3. The second-order valence-electron chi connectivity index (χ2n) is 6.00. The Bertz CT molecular complexity index is 1130. The fraction of sp³-hybridized carbons (Fsp3) is 0.0476. The number of amidine groups is 1. The van der Waals surface area contributed by atoms with Crippen LogP contribution in [0.5, 0.6) is 5.88 Å². The molecular formula is C21H18N5O+. The van der Waals surface area contributed by atoms with Crippen LogP contribution >= 0.6 is 0 Å². The number of para-hydroxylation sites is 2. The summed E-state index contributed by atoms with van der Waals surface area (Å²) in [6, 6.07) is 22.9. The molecule has 0 saturated heterocycles. The van der Waals surface area contributed by atoms with Gasteiger partial charge in [-0.3, -0.25) is 0 Å². The van der Waals surface area contributed by atoms with Gasteiger partial charge >= 0.3 is 0 Å². The molecule has 6 nitrogen and oxygen atoms in total. The number of fused-ring (bicyclic) bond motifs is 1. The van der Waals surface area contributed by atoms with Crippen LogP contribution in [0, 0.1) is 0 Å². The van der Waals surface area contributed by atoms with E-state index >= 15 is 0 Å². The van der Waals surface area contributed by atoms with E-state index in [1.54, 1.807) is 17.8 Å². The van der Waals surface area contributed by atoms with Crippen LogP contribution in [-0.2, 0) is 7.05 Å². The average Bonchev–Trinajstić information content (AvgIpc) is 2.97. The van der Waals surface area contributed by atoms with E-state index in [-0.39, 0.29) is 5.88 Å². The van der Waals surface area contributed by atoms with Crippen molar-refractivity contribution in [3.8, 4) is 5.88 Å². The van der Waals surface area contributed by atoms with Crippen LogP contribution in [-0.4, -0.2) is 15.5 Å². The van der Waals surface area contributed by atoms with Crippen molar-refractivity contribution in [1.82, 2.24) is 4.57 Å². The van der Waals surface area contributed by atoms with E-state index in [4.69, 9.17) is 0 Å². The van der Waals surface area contributed by atoms with Gasteiger partial charge in [0.15, 0.2) is 11.9 Å². The Morgan fingerprint density at radius 2 is 1.67 bits per heavy atom. The van der Waals surface area contributed by atoms with Gasteiger partial charge in [0.2, 0.25) is 11.7 Å². The number of aromatic hydroxyl groups is 1. The second kappa shape index (κ2) is 7.21. The number of aryl methyl sites for hydroxylation is 1. The molecule has 2 aromatic carbocycles. The summed E-state index contributed by atoms with van der Waals surface area (Å²) in [5.74, 6) is 0.491. The highest BCUT2D eigenvalue weighted by molar-refractivity contribution is 5.99. The average molecular weight is 356 g/mol. The fourth-order valence-corrected chi connectivity index (χ4v) is 2.85. The third-order valence-electron chi connectivity index (χ3n) is 4.24. The summed E-state index contributed by atoms with van der Waals surface area (Å²) in [4.78, 5) is 7.73. The first-order chi connectivity index (χ1) is 13.2. The van der Waals surface area contributed by atoms with Gasteiger partial charge in [0.1, 0.15) is 0 Å². The zero-order chi connectivity index (χ0) is 18.6. The number of H-pyrrole nitrogens is 1. The topological polar surface area (TPSA) is 76.4 Å². The van der Waals surface area contributed by atoms with Crippen molar-refractivity contribution in [3.05, 3.63) is 84.7 Å². The molecule has 0 bridgehead atoms. The lowest BCUT2D eigenvalue weighted by Gasteiger charge is -1.97. The normalized spacial score (nSPS) is 12.1. The third kappa shape index (κ3) is 3.32. The summed E-state index contributed by atoms with van der Waals surface area (Å²) < 4.78 is 1.69. The maximum Gasteiger partial charge on any atom is 0.250 e. The predicted molar refractivity (Wildman–Crippen MR) is 105 cm³/mol. The van der Waals surface area contributed by atoms with Crippen molar-refractivity contribution in [2.75, 3.05) is 0 Å². The molecule has 27 heavy (non-hydrogen) atoms. The maximum atomic E-state index is 10.5. The molecular weight excluding hydrogens is 338 g/mol. The number of aliphatic imine (C=N–C) groups is 1. The lowest BCUT2D eigenvalue weighted by Crippen LogP contribution is -2.14. The minimum atomic E-state index is 0.0658. The number of hydrogen-bond donors (Lipinski definition) is 1. The van der Waals surface area contributed by atoms with E-state index < -0.39 is 0 Å². The van der Waals surface area contributed by atoms with Crippen molar-refractivity contribution in [2.24, 2.45) is 22.3 Å². The van der Waals surface area contributed by atoms with Gasteiger partial charge in [-0.2, -0.15) is 0 Å². The molecule has 0 radical (unpaired) electrons. The Labute approximate surface area is 156 Å². The van der Waals surface area contributed by atoms with Gasteiger partial charge in [0.25, 0.3) is 5.69 Å². The Balaban J connectivity index is 1.81. The van der Waals surface area contributed by atoms with Gasteiger partial charge in [-0.25, -0.2) is 9.98 Å². The van der Waals surface area contributed by atoms with Gasteiger partial charge < -0.3 is 9.67 Å². The lowest BCUT2D eigenvalue weighted by molar-refractivity contribution is -0.380. The Morgan fingerprint density at radius 1 is 0.926 bits per heavy atom. The number of benzene rings is 2. The van der Waals surface area contributed by atoms with Gasteiger partial charge in [0.05, 0.1) is 11.2 Å². The van der Waals surface area contributed by atoms with E-state index in [1.165, 1.54) is 0 Å². The molecule has 2 N–H and O–H groups in total. The van der Waals surface area contributed by atoms with Crippen LogP contribution in [0.3, 0.4) is 0 Å². The lowest BCUT2D eigenvalue weighted by atomic mass is 10.2. The van der Waals surface area contributed by atoms with Crippen LogP contribution in [0.25, 0.3) is 10.9 Å². The molecule has 0 spiro atoms. The summed E-state index contributed by atoms with van der Waals surface area (Å²) in [6.07, 6.45) is 1.81. The zero-order valence-electron chi connectivity index (χ0n) is 14.7. The zero-order valence-corrected chi connectivity index (χ0v) is 14.7. The molecule has 6 heteroatoms. The SMILES string of the molecule is Cn1c(O)c(N=NC(=Nc2ccccc2)c2cccc[nH+]2)c2ccccc21. The van der Waals surface area contributed by atoms with Crippen LogP contribution in [0.15, 0.2) is 94.2 Å². The van der Waals surface area contributed by atoms with Gasteiger partial charge in [-0.05, 0) is 24.3 Å². The molecule has 0 atom stereocenters. The van der Waals surface area contributed by atoms with Gasteiger partial charge in [-0.15, -0.1) is 10.2 Å². The number of hydrogen-bond acceptors (Lipinski definition) is 3. The highest BCUT2D eigenvalue weighted by Crippen LogP contribution is 2.37. The molecule has 2 heterocycles. The Morgan fingerprint density at radius 3 is 2.44 bits per heavy atom. The predicted octanol–water partition coefficient (Wildman–Crippen LogP) is 4.56. The summed E-state index contributed by atoms with van der Waals surface area (Å²) in [5.41, 5.74) is 2.80. The van der Waals surface area contributed by atoms with Crippen molar-refractivity contribution in [1.29, 1.82) is 0 Å². The smallest absolute Gasteiger partial charge is 0.250 e. The number of aromatic nitrogens is 2. The molecule has 0 saturated carbocycles. The first-order valence-corrected chi connectivity index (χ1v) is 8.53. The quantitative estimate of drug-likeness (QED) is 0.326. The maximum absolute atomic E-state index is 10.5. The summed E-state index contributed by atoms with van der Waals surface area (Å²) in [7, 11) is 1.79. The second-order valence-corrected chi connectivity index (χ2v) is 6.00.